The third-order valence-corrected chi connectivity index (χ3v) is 4.10. The molecule has 0 radical (unpaired) electrons. The maximum Gasteiger partial charge on any atom is 0.165 e. The summed E-state index contributed by atoms with van der Waals surface area (Å²) in [6, 6.07) is 5.00. The summed E-state index contributed by atoms with van der Waals surface area (Å²) in [5.74, 6) is 0.965. The Morgan fingerprint density at radius 1 is 1.33 bits per heavy atom. The second-order valence-corrected chi connectivity index (χ2v) is 5.27. The van der Waals surface area contributed by atoms with Crippen molar-refractivity contribution in [3.8, 4) is 5.75 Å². The summed E-state index contributed by atoms with van der Waals surface area (Å²) >= 11 is 5.68. The van der Waals surface area contributed by atoms with Crippen molar-refractivity contribution in [3.63, 3.8) is 0 Å². The molecule has 3 heteroatoms. The number of ether oxygens (including phenoxy) is 1. The molecule has 18 heavy (non-hydrogen) atoms. The fraction of sp³-hybridized carbons (Fsp3) is 0.600. The van der Waals surface area contributed by atoms with Crippen LogP contribution in [0.3, 0.4) is 0 Å². The van der Waals surface area contributed by atoms with Gasteiger partial charge in [-0.1, -0.05) is 19.4 Å². The van der Waals surface area contributed by atoms with Gasteiger partial charge in [-0.05, 0) is 49.3 Å². The van der Waals surface area contributed by atoms with E-state index < -0.39 is 0 Å². The van der Waals surface area contributed by atoms with E-state index in [2.05, 4.69) is 6.92 Å². The number of hydrogen-bond donors (Lipinski definition) is 0. The Kier molecular flexibility index (Phi) is 4.87. The summed E-state index contributed by atoms with van der Waals surface area (Å²) in [7, 11) is 0. The highest BCUT2D eigenvalue weighted by Gasteiger charge is 2.26. The van der Waals surface area contributed by atoms with Crippen LogP contribution in [0.4, 0.5) is 4.39 Å². The van der Waals surface area contributed by atoms with Gasteiger partial charge in [-0.2, -0.15) is 0 Å². The zero-order valence-corrected chi connectivity index (χ0v) is 11.5. The summed E-state index contributed by atoms with van der Waals surface area (Å²) in [5.41, 5.74) is 0.789. The van der Waals surface area contributed by atoms with Crippen LogP contribution in [-0.2, 0) is 5.88 Å². The van der Waals surface area contributed by atoms with Crippen LogP contribution in [0.2, 0.25) is 0 Å². The normalized spacial score (nSPS) is 23.9. The lowest BCUT2D eigenvalue weighted by atomic mass is 9.85. The van der Waals surface area contributed by atoms with Crippen molar-refractivity contribution >= 4 is 11.6 Å². The van der Waals surface area contributed by atoms with Crippen LogP contribution in [0.15, 0.2) is 18.2 Å². The average Bonchev–Trinajstić information content (AvgIpc) is 2.41. The molecule has 100 valence electrons. The van der Waals surface area contributed by atoms with Gasteiger partial charge in [0.25, 0.3) is 0 Å². The van der Waals surface area contributed by atoms with Crippen LogP contribution < -0.4 is 4.74 Å². The summed E-state index contributed by atoms with van der Waals surface area (Å²) in [4.78, 5) is 0. The van der Waals surface area contributed by atoms with Gasteiger partial charge in [0.2, 0.25) is 0 Å². The van der Waals surface area contributed by atoms with Crippen molar-refractivity contribution in [1.29, 1.82) is 0 Å². The van der Waals surface area contributed by atoms with E-state index >= 15 is 0 Å². The molecule has 1 aromatic carbocycles. The Labute approximate surface area is 113 Å². The molecular weight excluding hydrogens is 251 g/mol. The first kappa shape index (κ1) is 13.7. The molecule has 1 aliphatic rings. The molecule has 0 heterocycles. The molecule has 0 amide bonds. The van der Waals surface area contributed by atoms with Crippen LogP contribution in [0.25, 0.3) is 0 Å². The van der Waals surface area contributed by atoms with Gasteiger partial charge in [0.15, 0.2) is 11.6 Å². The van der Waals surface area contributed by atoms with Crippen LogP contribution in [-0.4, -0.2) is 6.10 Å². The molecule has 1 saturated carbocycles. The summed E-state index contributed by atoms with van der Waals surface area (Å²) in [6.45, 7) is 2.18. The minimum Gasteiger partial charge on any atom is -0.487 e. The highest BCUT2D eigenvalue weighted by Crippen LogP contribution is 2.31. The first-order chi connectivity index (χ1) is 8.74. The van der Waals surface area contributed by atoms with Crippen LogP contribution >= 0.6 is 11.6 Å². The van der Waals surface area contributed by atoms with Crippen molar-refractivity contribution in [3.05, 3.63) is 29.6 Å². The smallest absolute Gasteiger partial charge is 0.165 e. The fourth-order valence-corrected chi connectivity index (χ4v) is 2.85. The van der Waals surface area contributed by atoms with Crippen LogP contribution in [0.5, 0.6) is 5.75 Å². The highest BCUT2D eigenvalue weighted by atomic mass is 35.5. The van der Waals surface area contributed by atoms with Crippen LogP contribution in [0, 0.1) is 11.7 Å². The SMILES string of the molecule is CCC1CCCCC1Oc1ccc(CCl)cc1F. The molecule has 1 nitrogen and oxygen atoms in total. The lowest BCUT2D eigenvalue weighted by molar-refractivity contribution is 0.0863. The summed E-state index contributed by atoms with van der Waals surface area (Å²) < 4.78 is 19.7. The van der Waals surface area contributed by atoms with E-state index in [4.69, 9.17) is 16.3 Å². The molecule has 0 aliphatic heterocycles. The van der Waals surface area contributed by atoms with Gasteiger partial charge in [-0.3, -0.25) is 0 Å². The number of hydrogen-bond acceptors (Lipinski definition) is 1. The van der Waals surface area contributed by atoms with Gasteiger partial charge >= 0.3 is 0 Å². The van der Waals surface area contributed by atoms with Gasteiger partial charge in [0.1, 0.15) is 6.10 Å². The molecule has 0 aromatic heterocycles. The molecule has 0 bridgehead atoms. The van der Waals surface area contributed by atoms with Gasteiger partial charge in [-0.15, -0.1) is 11.6 Å². The number of rotatable bonds is 4. The van der Waals surface area contributed by atoms with Gasteiger partial charge in [0.05, 0.1) is 0 Å². The van der Waals surface area contributed by atoms with Crippen molar-refractivity contribution in [2.75, 3.05) is 0 Å². The van der Waals surface area contributed by atoms with E-state index in [0.29, 0.717) is 17.5 Å². The first-order valence-corrected chi connectivity index (χ1v) is 7.29. The molecule has 1 aliphatic carbocycles. The molecule has 1 aromatic rings. The quantitative estimate of drug-likeness (QED) is 0.706. The molecule has 2 rings (SSSR count). The predicted octanol–water partition coefficient (Wildman–Crippen LogP) is 4.91. The van der Waals surface area contributed by atoms with E-state index in [1.807, 2.05) is 6.07 Å². The van der Waals surface area contributed by atoms with E-state index in [9.17, 15) is 4.39 Å². The second kappa shape index (κ2) is 6.42. The van der Waals surface area contributed by atoms with Crippen molar-refractivity contribution in [2.45, 2.75) is 51.0 Å². The standard InChI is InChI=1S/C15H20ClFO/c1-2-12-5-3-4-6-14(12)18-15-8-7-11(10-16)9-13(15)17/h7-9,12,14H,2-6,10H2,1H3. The molecule has 2 atom stereocenters. The Hall–Kier alpha value is -0.760. The molecule has 0 saturated heterocycles. The van der Waals surface area contributed by atoms with E-state index in [-0.39, 0.29) is 11.9 Å². The lowest BCUT2D eigenvalue weighted by Crippen LogP contribution is -2.30. The minimum absolute atomic E-state index is 0.167. The lowest BCUT2D eigenvalue weighted by Gasteiger charge is -2.31. The fourth-order valence-electron chi connectivity index (χ4n) is 2.68. The number of halogens is 2. The third-order valence-electron chi connectivity index (χ3n) is 3.79. The second-order valence-electron chi connectivity index (χ2n) is 5.01. The maximum atomic E-state index is 13.8. The summed E-state index contributed by atoms with van der Waals surface area (Å²) in [5, 5.41) is 0. The van der Waals surface area contributed by atoms with Crippen LogP contribution in [0.1, 0.15) is 44.6 Å². The predicted molar refractivity (Wildman–Crippen MR) is 72.6 cm³/mol. The molecule has 0 spiro atoms. The topological polar surface area (TPSA) is 9.23 Å². The third kappa shape index (κ3) is 3.17. The van der Waals surface area contributed by atoms with Crippen molar-refractivity contribution in [1.82, 2.24) is 0 Å². The van der Waals surface area contributed by atoms with E-state index in [0.717, 1.165) is 18.4 Å². The zero-order valence-electron chi connectivity index (χ0n) is 10.8. The molecule has 1 fully saturated rings. The monoisotopic (exact) mass is 270 g/mol. The maximum absolute atomic E-state index is 13.8. The Bertz CT molecular complexity index is 394. The molecular formula is C15H20ClFO. The molecule has 2 unspecified atom stereocenters. The zero-order chi connectivity index (χ0) is 13.0. The van der Waals surface area contributed by atoms with Gasteiger partial charge in [0, 0.05) is 5.88 Å². The van der Waals surface area contributed by atoms with E-state index in [1.165, 1.54) is 25.3 Å². The average molecular weight is 271 g/mol. The molecule has 0 N–H and O–H groups in total. The van der Waals surface area contributed by atoms with Gasteiger partial charge in [-0.25, -0.2) is 4.39 Å². The first-order valence-electron chi connectivity index (χ1n) is 6.75. The minimum atomic E-state index is -0.298. The van der Waals surface area contributed by atoms with Gasteiger partial charge < -0.3 is 4.74 Å². The highest BCUT2D eigenvalue weighted by molar-refractivity contribution is 6.17. The Balaban J connectivity index is 2.07. The Morgan fingerprint density at radius 3 is 2.78 bits per heavy atom. The number of benzene rings is 1. The number of alkyl halides is 1. The Morgan fingerprint density at radius 2 is 2.11 bits per heavy atom. The van der Waals surface area contributed by atoms with Crippen molar-refractivity contribution < 1.29 is 9.13 Å². The van der Waals surface area contributed by atoms with E-state index in [1.54, 1.807) is 6.07 Å². The van der Waals surface area contributed by atoms with Crippen molar-refractivity contribution in [2.24, 2.45) is 5.92 Å². The summed E-state index contributed by atoms with van der Waals surface area (Å²) in [6.07, 6.45) is 5.96. The largest absolute Gasteiger partial charge is 0.487 e.